The van der Waals surface area contributed by atoms with Gasteiger partial charge in [-0.05, 0) is 42.0 Å². The molecule has 0 unspecified atom stereocenters. The number of nitrogens with two attached hydrogens (primary N) is 2. The summed E-state index contributed by atoms with van der Waals surface area (Å²) in [5, 5.41) is 2.27. The van der Waals surface area contributed by atoms with E-state index in [2.05, 4.69) is 19.1 Å². The van der Waals surface area contributed by atoms with Crippen LogP contribution in [-0.2, 0) is 6.42 Å². The van der Waals surface area contributed by atoms with E-state index in [1.54, 1.807) is 0 Å². The van der Waals surface area contributed by atoms with Gasteiger partial charge in [-0.25, -0.2) is 0 Å². The van der Waals surface area contributed by atoms with Crippen LogP contribution in [0, 0.1) is 0 Å². The van der Waals surface area contributed by atoms with Crippen LogP contribution in [0.15, 0.2) is 30.3 Å². The van der Waals surface area contributed by atoms with Gasteiger partial charge in [0.25, 0.3) is 0 Å². The molecule has 0 saturated carbocycles. The van der Waals surface area contributed by atoms with Gasteiger partial charge in [0.05, 0.1) is 0 Å². The Morgan fingerprint density at radius 1 is 0.708 bits per heavy atom. The largest absolute Gasteiger partial charge is 0.399 e. The molecule has 0 amide bonds. The summed E-state index contributed by atoms with van der Waals surface area (Å²) in [6, 6.07) is 10.3. The predicted molar refractivity (Wildman–Crippen MR) is 108 cm³/mol. The van der Waals surface area contributed by atoms with Crippen molar-refractivity contribution in [3.8, 4) is 0 Å². The molecule has 0 radical (unpaired) electrons. The lowest BCUT2D eigenvalue weighted by Crippen LogP contribution is -1.93. The highest BCUT2D eigenvalue weighted by Crippen LogP contribution is 2.26. The number of unbranched alkanes of at least 4 members (excludes halogenated alkanes) is 9. The smallest absolute Gasteiger partial charge is 0.0396 e. The van der Waals surface area contributed by atoms with Gasteiger partial charge in [-0.2, -0.15) is 0 Å². The first-order valence-electron chi connectivity index (χ1n) is 9.78. The van der Waals surface area contributed by atoms with Crippen molar-refractivity contribution < 1.29 is 0 Å². The fourth-order valence-electron chi connectivity index (χ4n) is 3.44. The zero-order valence-electron chi connectivity index (χ0n) is 15.3. The lowest BCUT2D eigenvalue weighted by molar-refractivity contribution is 0.556. The van der Waals surface area contributed by atoms with E-state index in [1.807, 2.05) is 18.2 Å². The summed E-state index contributed by atoms with van der Waals surface area (Å²) >= 11 is 0. The van der Waals surface area contributed by atoms with Gasteiger partial charge in [-0.1, -0.05) is 76.8 Å². The molecule has 0 saturated heterocycles. The molecule has 132 valence electrons. The average molecular weight is 327 g/mol. The van der Waals surface area contributed by atoms with Crippen molar-refractivity contribution in [2.75, 3.05) is 11.5 Å². The van der Waals surface area contributed by atoms with E-state index in [-0.39, 0.29) is 0 Å². The molecule has 2 heteroatoms. The molecule has 0 aliphatic heterocycles. The van der Waals surface area contributed by atoms with Crippen molar-refractivity contribution in [1.82, 2.24) is 0 Å². The van der Waals surface area contributed by atoms with E-state index < -0.39 is 0 Å². The fourth-order valence-corrected chi connectivity index (χ4v) is 3.44. The van der Waals surface area contributed by atoms with Crippen LogP contribution in [-0.4, -0.2) is 0 Å². The highest BCUT2D eigenvalue weighted by molar-refractivity contribution is 5.95. The molecule has 2 aromatic rings. The van der Waals surface area contributed by atoms with Crippen molar-refractivity contribution in [3.05, 3.63) is 35.9 Å². The van der Waals surface area contributed by atoms with Crippen molar-refractivity contribution in [3.63, 3.8) is 0 Å². The van der Waals surface area contributed by atoms with E-state index in [9.17, 15) is 0 Å². The Morgan fingerprint density at radius 3 is 2.00 bits per heavy atom. The Balaban J connectivity index is 1.67. The summed E-state index contributed by atoms with van der Waals surface area (Å²) in [5.41, 5.74) is 15.1. The summed E-state index contributed by atoms with van der Waals surface area (Å²) in [6.07, 6.45) is 14.9. The Hall–Kier alpha value is -1.70. The molecular weight excluding hydrogens is 292 g/mol. The number of benzene rings is 2. The predicted octanol–water partition coefficient (Wildman–Crippen LogP) is 6.47. The second kappa shape index (κ2) is 10.2. The monoisotopic (exact) mass is 326 g/mol. The number of anilines is 2. The zero-order valence-corrected chi connectivity index (χ0v) is 15.3. The van der Waals surface area contributed by atoms with Crippen molar-refractivity contribution >= 4 is 22.1 Å². The minimum absolute atomic E-state index is 0.804. The molecule has 0 fully saturated rings. The SMILES string of the molecule is CCCCCCCCCCCCc1cc(N)c2ccc(N)cc2c1. The normalized spacial score (nSPS) is 11.2. The molecule has 0 atom stereocenters. The summed E-state index contributed by atoms with van der Waals surface area (Å²) in [4.78, 5) is 0. The standard InChI is InChI=1S/C22H34N2/c1-2-3-4-5-6-7-8-9-10-11-12-18-15-19-17-20(23)13-14-21(19)22(24)16-18/h13-17H,2-12,23-24H2,1H3. The third kappa shape index (κ3) is 6.07. The van der Waals surface area contributed by atoms with Crippen molar-refractivity contribution in [2.45, 2.75) is 77.6 Å². The lowest BCUT2D eigenvalue weighted by Gasteiger charge is -2.08. The van der Waals surface area contributed by atoms with Gasteiger partial charge in [-0.15, -0.1) is 0 Å². The summed E-state index contributed by atoms with van der Waals surface area (Å²) in [6.45, 7) is 2.28. The van der Waals surface area contributed by atoms with Crippen molar-refractivity contribution in [1.29, 1.82) is 0 Å². The van der Waals surface area contributed by atoms with Crippen molar-refractivity contribution in [2.24, 2.45) is 0 Å². The first-order valence-corrected chi connectivity index (χ1v) is 9.78. The first-order chi connectivity index (χ1) is 11.7. The number of aryl methyl sites for hydroxylation is 1. The van der Waals surface area contributed by atoms with Gasteiger partial charge in [0.15, 0.2) is 0 Å². The number of rotatable bonds is 11. The molecule has 2 rings (SSSR count). The van der Waals surface area contributed by atoms with E-state index >= 15 is 0 Å². The lowest BCUT2D eigenvalue weighted by atomic mass is 9.99. The molecule has 0 aliphatic carbocycles. The van der Waals surface area contributed by atoms with Crippen LogP contribution in [0.3, 0.4) is 0 Å². The highest BCUT2D eigenvalue weighted by Gasteiger charge is 2.02. The maximum absolute atomic E-state index is 6.19. The molecule has 0 aromatic heterocycles. The van der Waals surface area contributed by atoms with Crippen LogP contribution in [0.5, 0.6) is 0 Å². The molecule has 2 aromatic carbocycles. The number of hydrogen-bond donors (Lipinski definition) is 2. The minimum Gasteiger partial charge on any atom is -0.399 e. The van der Waals surface area contributed by atoms with Crippen LogP contribution in [0.1, 0.15) is 76.7 Å². The van der Waals surface area contributed by atoms with E-state index in [0.717, 1.165) is 28.6 Å². The highest BCUT2D eigenvalue weighted by atomic mass is 14.6. The quantitative estimate of drug-likeness (QED) is 0.367. The van der Waals surface area contributed by atoms with Crippen LogP contribution in [0.25, 0.3) is 10.8 Å². The third-order valence-corrected chi connectivity index (χ3v) is 4.89. The molecule has 2 nitrogen and oxygen atoms in total. The molecule has 0 aliphatic rings. The fraction of sp³-hybridized carbons (Fsp3) is 0.545. The third-order valence-electron chi connectivity index (χ3n) is 4.89. The van der Waals surface area contributed by atoms with Gasteiger partial charge in [-0.3, -0.25) is 0 Å². The van der Waals surface area contributed by atoms with E-state index in [1.165, 1.54) is 69.8 Å². The second-order valence-corrected chi connectivity index (χ2v) is 7.10. The molecule has 24 heavy (non-hydrogen) atoms. The van der Waals surface area contributed by atoms with Crippen LogP contribution in [0.2, 0.25) is 0 Å². The van der Waals surface area contributed by atoms with Gasteiger partial charge in [0.2, 0.25) is 0 Å². The molecule has 0 heterocycles. The molecule has 0 bridgehead atoms. The number of nitrogen functional groups attached to an aromatic ring is 2. The van der Waals surface area contributed by atoms with Crippen LogP contribution < -0.4 is 11.5 Å². The summed E-state index contributed by atoms with van der Waals surface area (Å²) in [5.74, 6) is 0. The van der Waals surface area contributed by atoms with Gasteiger partial charge >= 0.3 is 0 Å². The number of hydrogen-bond acceptors (Lipinski definition) is 2. The van der Waals surface area contributed by atoms with Crippen LogP contribution in [0.4, 0.5) is 11.4 Å². The van der Waals surface area contributed by atoms with Gasteiger partial charge < -0.3 is 11.5 Å². The van der Waals surface area contributed by atoms with E-state index in [0.29, 0.717) is 0 Å². The van der Waals surface area contributed by atoms with E-state index in [4.69, 9.17) is 11.5 Å². The second-order valence-electron chi connectivity index (χ2n) is 7.10. The average Bonchev–Trinajstić information content (AvgIpc) is 2.56. The minimum atomic E-state index is 0.804. The first kappa shape index (κ1) is 18.6. The topological polar surface area (TPSA) is 52.0 Å². The molecule has 0 spiro atoms. The number of fused-ring (bicyclic) bond motifs is 1. The molecule has 4 N–H and O–H groups in total. The summed E-state index contributed by atoms with van der Waals surface area (Å²) < 4.78 is 0. The maximum atomic E-state index is 6.19. The Bertz CT molecular complexity index is 619. The van der Waals surface area contributed by atoms with Gasteiger partial charge in [0.1, 0.15) is 0 Å². The van der Waals surface area contributed by atoms with Gasteiger partial charge in [0, 0.05) is 16.8 Å². The Labute approximate surface area is 147 Å². The van der Waals surface area contributed by atoms with Crippen LogP contribution >= 0.6 is 0 Å². The molecular formula is C22H34N2. The summed E-state index contributed by atoms with van der Waals surface area (Å²) in [7, 11) is 0. The maximum Gasteiger partial charge on any atom is 0.0396 e. The Morgan fingerprint density at radius 2 is 1.33 bits per heavy atom. The Kier molecular flexibility index (Phi) is 7.94. The zero-order chi connectivity index (χ0) is 17.2.